The second kappa shape index (κ2) is 6.76. The second-order valence-electron chi connectivity index (χ2n) is 7.34. The molecule has 2 aromatic carbocycles. The SMILES string of the molecule is CC(C)C(NC(=O)C1CC1c1ccccc1Cl)c1nc2ccccc2[nH]1. The summed E-state index contributed by atoms with van der Waals surface area (Å²) in [5.41, 5.74) is 2.98. The minimum Gasteiger partial charge on any atom is -0.346 e. The van der Waals surface area contributed by atoms with E-state index in [0.717, 1.165) is 33.9 Å². The number of para-hydroxylation sites is 2. The van der Waals surface area contributed by atoms with Gasteiger partial charge in [0, 0.05) is 10.9 Å². The molecule has 0 bridgehead atoms. The number of carbonyl (C=O) groups is 1. The van der Waals surface area contributed by atoms with Crippen molar-refractivity contribution in [3.8, 4) is 0 Å². The molecule has 3 atom stereocenters. The molecule has 4 nitrogen and oxygen atoms in total. The Kier molecular flexibility index (Phi) is 4.45. The van der Waals surface area contributed by atoms with Gasteiger partial charge >= 0.3 is 0 Å². The lowest BCUT2D eigenvalue weighted by atomic mass is 10.0. The molecular weight excluding hydrogens is 346 g/mol. The summed E-state index contributed by atoms with van der Waals surface area (Å²) in [5.74, 6) is 1.32. The van der Waals surface area contributed by atoms with Gasteiger partial charge in [0.25, 0.3) is 0 Å². The second-order valence-corrected chi connectivity index (χ2v) is 7.75. The molecule has 4 rings (SSSR count). The first kappa shape index (κ1) is 17.1. The molecule has 1 aliphatic carbocycles. The minimum atomic E-state index is -0.137. The van der Waals surface area contributed by atoms with E-state index in [2.05, 4.69) is 29.1 Å². The van der Waals surface area contributed by atoms with Crippen LogP contribution in [-0.2, 0) is 4.79 Å². The fourth-order valence-corrected chi connectivity index (χ4v) is 3.81. The van der Waals surface area contributed by atoms with Crippen molar-refractivity contribution in [2.24, 2.45) is 11.8 Å². The monoisotopic (exact) mass is 367 g/mol. The van der Waals surface area contributed by atoms with Crippen LogP contribution in [0.5, 0.6) is 0 Å². The van der Waals surface area contributed by atoms with E-state index in [1.807, 2.05) is 48.5 Å². The van der Waals surface area contributed by atoms with Crippen molar-refractivity contribution in [3.63, 3.8) is 0 Å². The molecule has 0 radical (unpaired) electrons. The highest BCUT2D eigenvalue weighted by atomic mass is 35.5. The number of carbonyl (C=O) groups excluding carboxylic acids is 1. The van der Waals surface area contributed by atoms with Crippen LogP contribution in [0.2, 0.25) is 5.02 Å². The van der Waals surface area contributed by atoms with Gasteiger partial charge in [0.2, 0.25) is 5.91 Å². The van der Waals surface area contributed by atoms with Gasteiger partial charge in [-0.3, -0.25) is 4.79 Å². The summed E-state index contributed by atoms with van der Waals surface area (Å²) in [6, 6.07) is 15.6. The molecule has 3 aromatic rings. The van der Waals surface area contributed by atoms with Gasteiger partial charge in [-0.2, -0.15) is 0 Å². The smallest absolute Gasteiger partial charge is 0.224 e. The maximum absolute atomic E-state index is 12.8. The number of H-pyrrole nitrogens is 1. The van der Waals surface area contributed by atoms with E-state index in [0.29, 0.717) is 0 Å². The van der Waals surface area contributed by atoms with Crippen LogP contribution in [0, 0.1) is 11.8 Å². The molecule has 1 aliphatic rings. The number of amides is 1. The van der Waals surface area contributed by atoms with Crippen LogP contribution in [0.4, 0.5) is 0 Å². The van der Waals surface area contributed by atoms with E-state index in [4.69, 9.17) is 11.6 Å². The van der Waals surface area contributed by atoms with Gasteiger partial charge < -0.3 is 10.3 Å². The third kappa shape index (κ3) is 3.21. The van der Waals surface area contributed by atoms with Crippen molar-refractivity contribution in [1.29, 1.82) is 0 Å². The van der Waals surface area contributed by atoms with E-state index >= 15 is 0 Å². The Morgan fingerprint density at radius 1 is 1.19 bits per heavy atom. The molecule has 1 amide bonds. The fraction of sp³-hybridized carbons (Fsp3) is 0.333. The summed E-state index contributed by atoms with van der Waals surface area (Å²) >= 11 is 6.28. The van der Waals surface area contributed by atoms with Crippen molar-refractivity contribution in [2.45, 2.75) is 32.2 Å². The lowest BCUT2D eigenvalue weighted by molar-refractivity contribution is -0.123. The maximum Gasteiger partial charge on any atom is 0.224 e. The molecule has 3 unspecified atom stereocenters. The van der Waals surface area contributed by atoms with Gasteiger partial charge in [-0.25, -0.2) is 4.98 Å². The number of benzene rings is 2. The number of aromatic nitrogens is 2. The summed E-state index contributed by atoms with van der Waals surface area (Å²) in [4.78, 5) is 20.8. The van der Waals surface area contributed by atoms with Gasteiger partial charge in [-0.15, -0.1) is 0 Å². The first-order chi connectivity index (χ1) is 12.5. The van der Waals surface area contributed by atoms with E-state index in [1.54, 1.807) is 0 Å². The van der Waals surface area contributed by atoms with E-state index < -0.39 is 0 Å². The molecule has 5 heteroatoms. The molecule has 1 fully saturated rings. The standard InChI is InChI=1S/C21H22ClN3O/c1-12(2)19(20-23-17-9-5-6-10-18(17)24-20)25-21(26)15-11-14(15)13-7-3-4-8-16(13)22/h3-10,12,14-15,19H,11H2,1-2H3,(H,23,24)(H,25,26). The Morgan fingerprint density at radius 2 is 1.92 bits per heavy atom. The molecule has 0 saturated heterocycles. The molecule has 134 valence electrons. The van der Waals surface area contributed by atoms with E-state index in [9.17, 15) is 4.79 Å². The van der Waals surface area contributed by atoms with Crippen molar-refractivity contribution < 1.29 is 4.79 Å². The van der Waals surface area contributed by atoms with Crippen LogP contribution in [0.15, 0.2) is 48.5 Å². The van der Waals surface area contributed by atoms with E-state index in [1.165, 1.54) is 0 Å². The Hall–Kier alpha value is -2.33. The number of halogens is 1. The topological polar surface area (TPSA) is 57.8 Å². The Bertz CT molecular complexity index is 916. The fourth-order valence-electron chi connectivity index (χ4n) is 3.54. The average Bonchev–Trinajstić information content (AvgIpc) is 3.30. The van der Waals surface area contributed by atoms with Crippen LogP contribution in [0.1, 0.15) is 43.6 Å². The van der Waals surface area contributed by atoms with E-state index in [-0.39, 0.29) is 29.7 Å². The first-order valence-electron chi connectivity index (χ1n) is 9.04. The normalized spacial score (nSPS) is 20.3. The number of nitrogens with zero attached hydrogens (tertiary/aromatic N) is 1. The zero-order valence-electron chi connectivity index (χ0n) is 14.9. The van der Waals surface area contributed by atoms with Gasteiger partial charge in [0.1, 0.15) is 5.82 Å². The largest absolute Gasteiger partial charge is 0.346 e. The summed E-state index contributed by atoms with van der Waals surface area (Å²) in [6.07, 6.45) is 0.848. The number of aromatic amines is 1. The number of nitrogens with one attached hydrogen (secondary N) is 2. The molecule has 1 saturated carbocycles. The Morgan fingerprint density at radius 3 is 2.65 bits per heavy atom. The Labute approximate surface area is 158 Å². The zero-order chi connectivity index (χ0) is 18.3. The number of hydrogen-bond acceptors (Lipinski definition) is 2. The maximum atomic E-state index is 12.8. The zero-order valence-corrected chi connectivity index (χ0v) is 15.6. The van der Waals surface area contributed by atoms with Gasteiger partial charge in [-0.05, 0) is 42.0 Å². The third-order valence-electron chi connectivity index (χ3n) is 5.10. The van der Waals surface area contributed by atoms with Crippen molar-refractivity contribution >= 4 is 28.5 Å². The minimum absolute atomic E-state index is 0.0134. The number of hydrogen-bond donors (Lipinski definition) is 2. The Balaban J connectivity index is 1.51. The summed E-state index contributed by atoms with van der Waals surface area (Å²) < 4.78 is 0. The predicted octanol–water partition coefficient (Wildman–Crippen LogP) is 4.83. The van der Waals surface area contributed by atoms with Gasteiger partial charge in [0.05, 0.1) is 17.1 Å². The molecule has 1 heterocycles. The lowest BCUT2D eigenvalue weighted by Gasteiger charge is -2.20. The van der Waals surface area contributed by atoms with Gasteiger partial charge in [0.15, 0.2) is 0 Å². The van der Waals surface area contributed by atoms with Crippen LogP contribution < -0.4 is 5.32 Å². The predicted molar refractivity (Wildman–Crippen MR) is 104 cm³/mol. The average molecular weight is 368 g/mol. The highest BCUT2D eigenvalue weighted by Gasteiger charge is 2.45. The molecule has 2 N–H and O–H groups in total. The van der Waals surface area contributed by atoms with Crippen molar-refractivity contribution in [3.05, 3.63) is 64.9 Å². The first-order valence-corrected chi connectivity index (χ1v) is 9.42. The van der Waals surface area contributed by atoms with Crippen molar-refractivity contribution in [2.75, 3.05) is 0 Å². The molecule has 1 aromatic heterocycles. The highest BCUT2D eigenvalue weighted by Crippen LogP contribution is 2.49. The summed E-state index contributed by atoms with van der Waals surface area (Å²) in [5, 5.41) is 3.94. The molecule has 0 aliphatic heterocycles. The third-order valence-corrected chi connectivity index (χ3v) is 5.44. The lowest BCUT2D eigenvalue weighted by Crippen LogP contribution is -2.33. The van der Waals surface area contributed by atoms with Crippen LogP contribution in [0.3, 0.4) is 0 Å². The number of imidazole rings is 1. The molecule has 26 heavy (non-hydrogen) atoms. The number of fused-ring (bicyclic) bond motifs is 1. The molecule has 0 spiro atoms. The highest BCUT2D eigenvalue weighted by molar-refractivity contribution is 6.31. The summed E-state index contributed by atoms with van der Waals surface area (Å²) in [6.45, 7) is 4.19. The quantitative estimate of drug-likeness (QED) is 0.678. The van der Waals surface area contributed by atoms with Crippen molar-refractivity contribution in [1.82, 2.24) is 15.3 Å². The van der Waals surface area contributed by atoms with Crippen LogP contribution in [-0.4, -0.2) is 15.9 Å². The van der Waals surface area contributed by atoms with Crippen LogP contribution in [0.25, 0.3) is 11.0 Å². The molecular formula is C21H22ClN3O. The summed E-state index contributed by atoms with van der Waals surface area (Å²) in [7, 11) is 0. The number of rotatable bonds is 5. The van der Waals surface area contributed by atoms with Gasteiger partial charge in [-0.1, -0.05) is 55.8 Å². The van der Waals surface area contributed by atoms with Crippen LogP contribution >= 0.6 is 11.6 Å².